The topological polar surface area (TPSA) is 202 Å². The largest absolute Gasteiger partial charge is 0.369 e. The maximum Gasteiger partial charge on any atom is 0.278 e. The fraction of sp³-hybridized carbons (Fsp3) is 0.0909. The van der Waals surface area contributed by atoms with Crippen LogP contribution in [-0.4, -0.2) is 47.0 Å². The normalized spacial score (nSPS) is 10.5. The lowest BCUT2D eigenvalue weighted by Crippen LogP contribution is -2.10. The molecule has 0 radical (unpaired) electrons. The molecule has 13 heteroatoms. The summed E-state index contributed by atoms with van der Waals surface area (Å²) in [6, 6.07) is 0. The van der Waals surface area contributed by atoms with Gasteiger partial charge in [-0.3, -0.25) is 14.6 Å². The number of anilines is 3. The Bertz CT molecular complexity index is 1030. The summed E-state index contributed by atoms with van der Waals surface area (Å²) < 4.78 is 0. The van der Waals surface area contributed by atoms with E-state index >= 15 is 0 Å². The highest BCUT2D eigenvalue weighted by Crippen LogP contribution is 2.16. The Morgan fingerprint density at radius 2 is 1.71 bits per heavy atom. The van der Waals surface area contributed by atoms with Gasteiger partial charge in [0.25, 0.3) is 5.56 Å². The van der Waals surface area contributed by atoms with Crippen LogP contribution >= 0.6 is 0 Å². The van der Waals surface area contributed by atoms with Crippen LogP contribution in [0.25, 0.3) is 22.3 Å². The predicted octanol–water partition coefficient (Wildman–Crippen LogP) is -0.863. The second-order valence-corrected chi connectivity index (χ2v) is 4.39. The van der Waals surface area contributed by atoms with Gasteiger partial charge >= 0.3 is 0 Å². The standard InChI is InChI=1S/C6H8N6O.C5H5N5O/c1-13-12-5-3-4(9-2-8-3)10-6(7)11-5;6-5-9-3-2(4(11)10-5)7-1-8-3/h2H,1H3,(H4,7,8,9,10,11,12);1H,(H4,6,7,8,9,10,11). The number of imidazole rings is 2. The summed E-state index contributed by atoms with van der Waals surface area (Å²) in [7, 11) is 1.49. The maximum atomic E-state index is 11.0. The third kappa shape index (κ3) is 2.91. The zero-order chi connectivity index (χ0) is 17.1. The average Bonchev–Trinajstić information content (AvgIpc) is 3.16. The first-order valence-electron chi connectivity index (χ1n) is 6.53. The molecule has 4 aromatic rings. The maximum absolute atomic E-state index is 11.0. The van der Waals surface area contributed by atoms with Crippen LogP contribution in [0.3, 0.4) is 0 Å². The summed E-state index contributed by atoms with van der Waals surface area (Å²) in [6.07, 6.45) is 2.91. The lowest BCUT2D eigenvalue weighted by molar-refractivity contribution is 0.269. The van der Waals surface area contributed by atoms with Crippen molar-refractivity contribution in [3.05, 3.63) is 23.0 Å². The van der Waals surface area contributed by atoms with Crippen LogP contribution in [0.1, 0.15) is 0 Å². The molecule has 0 spiro atoms. The minimum atomic E-state index is -0.301. The molecule has 0 bridgehead atoms. The van der Waals surface area contributed by atoms with E-state index in [1.807, 2.05) is 0 Å². The highest BCUT2D eigenvalue weighted by molar-refractivity contribution is 5.82. The number of H-pyrrole nitrogens is 3. The van der Waals surface area contributed by atoms with Gasteiger partial charge in [0.05, 0.1) is 19.8 Å². The van der Waals surface area contributed by atoms with Crippen LogP contribution in [0.15, 0.2) is 17.4 Å². The SMILES string of the molecule is CONc1nc(N)nc2nc[nH]c12.Nc1nc2nc[nH]c2c(=O)[nH]1. The van der Waals surface area contributed by atoms with Gasteiger partial charge in [0, 0.05) is 0 Å². The average molecular weight is 331 g/mol. The van der Waals surface area contributed by atoms with Crippen LogP contribution in [0.4, 0.5) is 17.7 Å². The number of hydrogen-bond acceptors (Lipinski definition) is 10. The predicted molar refractivity (Wildman–Crippen MR) is 85.6 cm³/mol. The van der Waals surface area contributed by atoms with E-state index in [0.717, 1.165) is 0 Å². The van der Waals surface area contributed by atoms with Crippen molar-refractivity contribution < 1.29 is 4.84 Å². The summed E-state index contributed by atoms with van der Waals surface area (Å²) in [5.41, 5.74) is 14.8. The first-order chi connectivity index (χ1) is 11.6. The van der Waals surface area contributed by atoms with E-state index in [1.165, 1.54) is 19.8 Å². The monoisotopic (exact) mass is 331 g/mol. The van der Waals surface area contributed by atoms with E-state index in [0.29, 0.717) is 28.1 Å². The van der Waals surface area contributed by atoms with Gasteiger partial charge < -0.3 is 21.4 Å². The van der Waals surface area contributed by atoms with E-state index < -0.39 is 0 Å². The van der Waals surface area contributed by atoms with E-state index in [9.17, 15) is 4.79 Å². The summed E-state index contributed by atoms with van der Waals surface area (Å²) >= 11 is 0. The number of fused-ring (bicyclic) bond motifs is 2. The zero-order valence-corrected chi connectivity index (χ0v) is 12.4. The molecule has 4 rings (SSSR count). The molecular formula is C11H13N11O2. The molecular weight excluding hydrogens is 318 g/mol. The minimum Gasteiger partial charge on any atom is -0.369 e. The number of aromatic amines is 3. The number of nitrogens with zero attached hydrogens (tertiary/aromatic N) is 5. The second kappa shape index (κ2) is 6.17. The molecule has 24 heavy (non-hydrogen) atoms. The van der Waals surface area contributed by atoms with Crippen LogP contribution in [0.5, 0.6) is 0 Å². The Labute approximate surface area is 132 Å². The van der Waals surface area contributed by atoms with E-state index in [-0.39, 0.29) is 17.5 Å². The Kier molecular flexibility index (Phi) is 3.90. The van der Waals surface area contributed by atoms with Crippen molar-refractivity contribution in [3.63, 3.8) is 0 Å². The van der Waals surface area contributed by atoms with Crippen LogP contribution in [0, 0.1) is 0 Å². The molecule has 0 fully saturated rings. The Hall–Kier alpha value is -3.74. The number of rotatable bonds is 2. The van der Waals surface area contributed by atoms with Crippen molar-refractivity contribution >= 4 is 40.0 Å². The molecule has 0 aliphatic heterocycles. The van der Waals surface area contributed by atoms with Crippen LogP contribution < -0.4 is 22.5 Å². The number of aromatic nitrogens is 8. The smallest absolute Gasteiger partial charge is 0.278 e. The zero-order valence-electron chi connectivity index (χ0n) is 12.4. The molecule has 0 aliphatic carbocycles. The third-order valence-corrected chi connectivity index (χ3v) is 2.82. The van der Waals surface area contributed by atoms with Gasteiger partial charge in [-0.05, 0) is 0 Å². The lowest BCUT2D eigenvalue weighted by atomic mass is 10.5. The lowest BCUT2D eigenvalue weighted by Gasteiger charge is -2.02. The van der Waals surface area contributed by atoms with E-state index in [4.69, 9.17) is 16.3 Å². The molecule has 4 aromatic heterocycles. The highest BCUT2D eigenvalue weighted by Gasteiger charge is 2.07. The molecule has 124 valence electrons. The Morgan fingerprint density at radius 3 is 2.42 bits per heavy atom. The summed E-state index contributed by atoms with van der Waals surface area (Å²) in [4.78, 5) is 42.9. The fourth-order valence-corrected chi connectivity index (χ4v) is 1.88. The molecule has 0 amide bonds. The fourth-order valence-electron chi connectivity index (χ4n) is 1.88. The number of nitrogen functional groups attached to an aromatic ring is 2. The molecule has 0 saturated carbocycles. The Balaban J connectivity index is 0.000000143. The van der Waals surface area contributed by atoms with Gasteiger partial charge in [0.2, 0.25) is 11.9 Å². The minimum absolute atomic E-state index is 0.0783. The number of nitrogens with one attached hydrogen (secondary N) is 4. The highest BCUT2D eigenvalue weighted by atomic mass is 16.6. The van der Waals surface area contributed by atoms with Crippen LogP contribution in [0.2, 0.25) is 0 Å². The van der Waals surface area contributed by atoms with Gasteiger partial charge in [-0.15, -0.1) is 0 Å². The van der Waals surface area contributed by atoms with Crippen molar-refractivity contribution in [2.45, 2.75) is 0 Å². The van der Waals surface area contributed by atoms with E-state index in [2.05, 4.69) is 45.4 Å². The molecule has 0 aliphatic rings. The van der Waals surface area contributed by atoms with Gasteiger partial charge in [0.15, 0.2) is 22.6 Å². The number of nitrogens with two attached hydrogens (primary N) is 2. The van der Waals surface area contributed by atoms with Gasteiger partial charge in [-0.2, -0.15) is 15.0 Å². The van der Waals surface area contributed by atoms with Crippen molar-refractivity contribution in [2.75, 3.05) is 24.1 Å². The molecule has 0 unspecified atom stereocenters. The van der Waals surface area contributed by atoms with Crippen molar-refractivity contribution in [3.8, 4) is 0 Å². The summed E-state index contributed by atoms with van der Waals surface area (Å²) in [5, 5.41) is 0. The summed E-state index contributed by atoms with van der Waals surface area (Å²) in [6.45, 7) is 0. The number of hydrogen-bond donors (Lipinski definition) is 6. The first-order valence-corrected chi connectivity index (χ1v) is 6.53. The molecule has 4 heterocycles. The van der Waals surface area contributed by atoms with Gasteiger partial charge in [0.1, 0.15) is 5.52 Å². The van der Waals surface area contributed by atoms with Crippen LogP contribution in [-0.2, 0) is 4.84 Å². The van der Waals surface area contributed by atoms with E-state index in [1.54, 1.807) is 0 Å². The van der Waals surface area contributed by atoms with Gasteiger partial charge in [-0.25, -0.2) is 15.4 Å². The van der Waals surface area contributed by atoms with Crippen molar-refractivity contribution in [1.29, 1.82) is 0 Å². The van der Waals surface area contributed by atoms with Gasteiger partial charge in [-0.1, -0.05) is 0 Å². The molecule has 13 nitrogen and oxygen atoms in total. The second-order valence-electron chi connectivity index (χ2n) is 4.39. The third-order valence-electron chi connectivity index (χ3n) is 2.82. The molecule has 0 aromatic carbocycles. The first kappa shape index (κ1) is 15.2. The quantitative estimate of drug-likeness (QED) is 0.251. The van der Waals surface area contributed by atoms with Crippen molar-refractivity contribution in [1.82, 2.24) is 39.9 Å². The molecule has 8 N–H and O–H groups in total. The Morgan fingerprint density at radius 1 is 1.04 bits per heavy atom. The molecule has 0 saturated heterocycles. The summed E-state index contributed by atoms with van der Waals surface area (Å²) in [5.74, 6) is 0.705. The van der Waals surface area contributed by atoms with Crippen molar-refractivity contribution in [2.24, 2.45) is 0 Å². The molecule has 0 atom stereocenters.